The molecule has 0 unspecified atom stereocenters. The first-order valence-electron chi connectivity index (χ1n) is 9.04. The number of nitrogens with zero attached hydrogens (tertiary/aromatic N) is 2. The molecule has 0 aliphatic carbocycles. The molecule has 4 heteroatoms. The molecule has 0 fully saturated rings. The van der Waals surface area contributed by atoms with Crippen molar-refractivity contribution >= 4 is 64.8 Å². The lowest BCUT2D eigenvalue weighted by molar-refractivity contribution is 1.23. The van der Waals surface area contributed by atoms with Gasteiger partial charge in [0.15, 0.2) is 0 Å². The largest absolute Gasteiger partial charge is 0.223 e. The van der Waals surface area contributed by atoms with Crippen LogP contribution in [-0.4, -0.2) is 9.97 Å². The molecule has 28 heavy (non-hydrogen) atoms. The first kappa shape index (κ1) is 16.0. The van der Waals surface area contributed by atoms with Crippen LogP contribution in [-0.2, 0) is 0 Å². The third kappa shape index (κ3) is 2.40. The van der Waals surface area contributed by atoms with E-state index in [1.165, 1.54) is 30.9 Å². The van der Waals surface area contributed by atoms with Crippen LogP contribution in [0.3, 0.4) is 0 Å². The lowest BCUT2D eigenvalue weighted by Crippen LogP contribution is -1.90. The monoisotopic (exact) mass is 396 g/mol. The molecule has 6 aromatic rings. The zero-order valence-electron chi connectivity index (χ0n) is 14.7. The van der Waals surface area contributed by atoms with Gasteiger partial charge in [-0.25, -0.2) is 9.97 Å². The molecule has 0 N–H and O–H groups in total. The van der Waals surface area contributed by atoms with Gasteiger partial charge >= 0.3 is 0 Å². The van der Waals surface area contributed by atoms with Gasteiger partial charge in [0, 0.05) is 31.1 Å². The number of hydrogen-bond acceptors (Lipinski definition) is 3. The Kier molecular flexibility index (Phi) is 3.42. The smallest absolute Gasteiger partial charge is 0.218 e. The van der Waals surface area contributed by atoms with E-state index in [0.29, 0.717) is 0 Å². The van der Waals surface area contributed by atoms with Crippen LogP contribution in [0.15, 0.2) is 78.9 Å². The third-order valence-corrected chi connectivity index (χ3v) is 6.49. The van der Waals surface area contributed by atoms with Gasteiger partial charge in [-0.3, -0.25) is 0 Å². The normalized spacial score (nSPS) is 11.8. The van der Waals surface area contributed by atoms with E-state index in [-0.39, 0.29) is 5.28 Å². The zero-order chi connectivity index (χ0) is 18.7. The van der Waals surface area contributed by atoms with Crippen molar-refractivity contribution < 1.29 is 0 Å². The van der Waals surface area contributed by atoms with Gasteiger partial charge in [0.1, 0.15) is 0 Å². The highest BCUT2D eigenvalue weighted by Crippen LogP contribution is 2.39. The van der Waals surface area contributed by atoms with Crippen LogP contribution in [0.5, 0.6) is 0 Å². The molecule has 0 saturated carbocycles. The van der Waals surface area contributed by atoms with Gasteiger partial charge in [-0.1, -0.05) is 48.5 Å². The molecule has 0 atom stereocenters. The molecule has 132 valence electrons. The Balaban J connectivity index is 1.67. The summed E-state index contributed by atoms with van der Waals surface area (Å²) in [5.41, 5.74) is 2.79. The Bertz CT molecular complexity index is 1530. The van der Waals surface area contributed by atoms with Gasteiger partial charge in [0.25, 0.3) is 0 Å². The van der Waals surface area contributed by atoms with Crippen LogP contribution >= 0.6 is 22.9 Å². The summed E-state index contributed by atoms with van der Waals surface area (Å²) in [4.78, 5) is 8.91. The van der Waals surface area contributed by atoms with E-state index in [4.69, 9.17) is 11.6 Å². The third-order valence-electron chi connectivity index (χ3n) is 5.19. The van der Waals surface area contributed by atoms with E-state index in [1.807, 2.05) is 35.6 Å². The van der Waals surface area contributed by atoms with Crippen molar-refractivity contribution in [3.8, 4) is 11.3 Å². The highest BCUT2D eigenvalue weighted by Gasteiger charge is 2.12. The molecule has 2 nitrogen and oxygen atoms in total. The Morgan fingerprint density at radius 3 is 2.29 bits per heavy atom. The van der Waals surface area contributed by atoms with Gasteiger partial charge in [0.05, 0.1) is 11.2 Å². The number of rotatable bonds is 1. The van der Waals surface area contributed by atoms with Gasteiger partial charge in [-0.15, -0.1) is 11.3 Å². The number of halogens is 1. The summed E-state index contributed by atoms with van der Waals surface area (Å²) in [6.45, 7) is 0. The van der Waals surface area contributed by atoms with Crippen molar-refractivity contribution in [1.29, 1.82) is 0 Å². The molecule has 6 rings (SSSR count). The summed E-state index contributed by atoms with van der Waals surface area (Å²) >= 11 is 8.04. The molecule has 0 saturated heterocycles. The molecule has 0 aliphatic rings. The minimum absolute atomic E-state index is 0.273. The minimum atomic E-state index is 0.273. The fraction of sp³-hybridized carbons (Fsp3) is 0. The summed E-state index contributed by atoms with van der Waals surface area (Å²) in [5.74, 6) is 0. The van der Waals surface area contributed by atoms with Gasteiger partial charge in [0.2, 0.25) is 5.28 Å². The number of benzene rings is 4. The van der Waals surface area contributed by atoms with Crippen molar-refractivity contribution in [2.45, 2.75) is 0 Å². The Labute approximate surface area is 170 Å². The quantitative estimate of drug-likeness (QED) is 0.269. The Morgan fingerprint density at radius 1 is 0.643 bits per heavy atom. The van der Waals surface area contributed by atoms with E-state index in [9.17, 15) is 0 Å². The SMILES string of the molecule is Clc1nc(-c2ccc3sc4cc5ccccc5cc4c3c2)c2ccccc2n1. The van der Waals surface area contributed by atoms with Crippen LogP contribution in [0.1, 0.15) is 0 Å². The van der Waals surface area contributed by atoms with Crippen molar-refractivity contribution in [2.24, 2.45) is 0 Å². The molecule has 4 aromatic carbocycles. The molecule has 0 spiro atoms. The second-order valence-corrected chi connectivity index (χ2v) is 8.29. The van der Waals surface area contributed by atoms with Crippen molar-refractivity contribution in [3.63, 3.8) is 0 Å². The van der Waals surface area contributed by atoms with E-state index in [1.54, 1.807) is 0 Å². The predicted octanol–water partition coefficient (Wildman–Crippen LogP) is 7.47. The van der Waals surface area contributed by atoms with Crippen LogP contribution in [0.4, 0.5) is 0 Å². The van der Waals surface area contributed by atoms with E-state index < -0.39 is 0 Å². The second kappa shape index (κ2) is 5.99. The van der Waals surface area contributed by atoms with Gasteiger partial charge < -0.3 is 0 Å². The molecule has 2 heterocycles. The van der Waals surface area contributed by atoms with Crippen LogP contribution in [0.25, 0.3) is 53.1 Å². The summed E-state index contributed by atoms with van der Waals surface area (Å²) < 4.78 is 2.58. The topological polar surface area (TPSA) is 25.8 Å². The van der Waals surface area contributed by atoms with Crippen molar-refractivity contribution in [1.82, 2.24) is 9.97 Å². The number of para-hydroxylation sites is 1. The predicted molar refractivity (Wildman–Crippen MR) is 120 cm³/mol. The lowest BCUT2D eigenvalue weighted by Gasteiger charge is -2.07. The standard InChI is InChI=1S/C24H13ClN2S/c25-24-26-20-8-4-3-7-17(20)23(27-24)16-9-10-21-18(12-16)19-11-14-5-1-2-6-15(14)13-22(19)28-21/h1-13H. The first-order chi connectivity index (χ1) is 13.8. The molecular formula is C24H13ClN2S. The second-order valence-electron chi connectivity index (χ2n) is 6.87. The van der Waals surface area contributed by atoms with Gasteiger partial charge in [-0.05, 0) is 52.7 Å². The number of aromatic nitrogens is 2. The maximum Gasteiger partial charge on any atom is 0.223 e. The zero-order valence-corrected chi connectivity index (χ0v) is 16.3. The average molecular weight is 397 g/mol. The summed E-state index contributed by atoms with van der Waals surface area (Å²) in [7, 11) is 0. The molecule has 2 aromatic heterocycles. The average Bonchev–Trinajstić information content (AvgIpc) is 3.08. The number of thiophene rings is 1. The van der Waals surface area contributed by atoms with E-state index >= 15 is 0 Å². The number of hydrogen-bond donors (Lipinski definition) is 0. The molecule has 0 radical (unpaired) electrons. The van der Waals surface area contributed by atoms with Gasteiger partial charge in [-0.2, -0.15) is 0 Å². The lowest BCUT2D eigenvalue weighted by atomic mass is 10.0. The van der Waals surface area contributed by atoms with Crippen LogP contribution < -0.4 is 0 Å². The van der Waals surface area contributed by atoms with E-state index in [0.717, 1.165) is 22.2 Å². The van der Waals surface area contributed by atoms with Crippen molar-refractivity contribution in [2.75, 3.05) is 0 Å². The fourth-order valence-corrected chi connectivity index (χ4v) is 5.17. The van der Waals surface area contributed by atoms with E-state index in [2.05, 4.69) is 64.6 Å². The summed E-state index contributed by atoms with van der Waals surface area (Å²) in [6, 6.07) is 27.6. The molecule has 0 amide bonds. The maximum absolute atomic E-state index is 6.21. The minimum Gasteiger partial charge on any atom is -0.218 e. The van der Waals surface area contributed by atoms with Crippen LogP contribution in [0, 0.1) is 0 Å². The summed E-state index contributed by atoms with van der Waals surface area (Å²) in [5, 5.41) is 6.35. The molecule has 0 bridgehead atoms. The highest BCUT2D eigenvalue weighted by molar-refractivity contribution is 7.25. The van der Waals surface area contributed by atoms with Crippen molar-refractivity contribution in [3.05, 3.63) is 84.1 Å². The summed E-state index contributed by atoms with van der Waals surface area (Å²) in [6.07, 6.45) is 0. The first-order valence-corrected chi connectivity index (χ1v) is 10.2. The molecular weight excluding hydrogens is 384 g/mol. The highest BCUT2D eigenvalue weighted by atomic mass is 35.5. The molecule has 0 aliphatic heterocycles. The maximum atomic E-state index is 6.21. The fourth-order valence-electron chi connectivity index (χ4n) is 3.88. The Morgan fingerprint density at radius 2 is 1.39 bits per heavy atom. The Hall–Kier alpha value is -3.01. The number of fused-ring (bicyclic) bond motifs is 5. The van der Waals surface area contributed by atoms with Crippen LogP contribution in [0.2, 0.25) is 5.28 Å².